The molecule has 0 heterocycles. The maximum atomic E-state index is 13.2. The number of benzene rings is 1. The van der Waals surface area contributed by atoms with Crippen LogP contribution in [0.3, 0.4) is 0 Å². The molecule has 1 atom stereocenters. The Hall–Kier alpha value is -0.890. The zero-order valence-electron chi connectivity index (χ0n) is 7.81. The summed E-state index contributed by atoms with van der Waals surface area (Å²) in [5.74, 6) is -0.104. The van der Waals surface area contributed by atoms with Gasteiger partial charge in [-0.25, -0.2) is 4.39 Å². The SMILES string of the molecule is Cc1c(F)ccc2c1CCC[C@H]2N. The summed E-state index contributed by atoms with van der Waals surface area (Å²) < 4.78 is 13.2. The number of halogens is 1. The molecule has 0 spiro atoms. The van der Waals surface area contributed by atoms with E-state index in [-0.39, 0.29) is 11.9 Å². The van der Waals surface area contributed by atoms with Crippen molar-refractivity contribution < 1.29 is 4.39 Å². The third-order valence-electron chi connectivity index (χ3n) is 2.91. The van der Waals surface area contributed by atoms with E-state index in [2.05, 4.69) is 0 Å². The van der Waals surface area contributed by atoms with E-state index in [0.717, 1.165) is 36.0 Å². The summed E-state index contributed by atoms with van der Waals surface area (Å²) in [4.78, 5) is 0. The van der Waals surface area contributed by atoms with Crippen molar-refractivity contribution >= 4 is 0 Å². The number of hydrogen-bond acceptors (Lipinski definition) is 1. The van der Waals surface area contributed by atoms with Crippen LogP contribution in [0.25, 0.3) is 0 Å². The molecule has 1 aromatic carbocycles. The molecular weight excluding hydrogens is 165 g/mol. The van der Waals surface area contributed by atoms with Crippen molar-refractivity contribution in [3.05, 3.63) is 34.6 Å². The van der Waals surface area contributed by atoms with Gasteiger partial charge in [0.05, 0.1) is 0 Å². The third-order valence-corrected chi connectivity index (χ3v) is 2.91. The second kappa shape index (κ2) is 3.11. The Labute approximate surface area is 77.8 Å². The summed E-state index contributed by atoms with van der Waals surface area (Å²) in [5.41, 5.74) is 9.01. The molecule has 0 aromatic heterocycles. The molecule has 0 bridgehead atoms. The molecule has 1 nitrogen and oxygen atoms in total. The van der Waals surface area contributed by atoms with Gasteiger partial charge in [-0.05, 0) is 48.9 Å². The molecule has 2 N–H and O–H groups in total. The Kier molecular flexibility index (Phi) is 2.08. The highest BCUT2D eigenvalue weighted by molar-refractivity contribution is 5.38. The topological polar surface area (TPSA) is 26.0 Å². The highest BCUT2D eigenvalue weighted by Crippen LogP contribution is 2.30. The lowest BCUT2D eigenvalue weighted by Crippen LogP contribution is -2.18. The van der Waals surface area contributed by atoms with E-state index in [1.54, 1.807) is 0 Å². The van der Waals surface area contributed by atoms with E-state index in [4.69, 9.17) is 5.73 Å². The highest BCUT2D eigenvalue weighted by atomic mass is 19.1. The predicted octanol–water partition coefficient (Wildman–Crippen LogP) is 2.47. The molecule has 13 heavy (non-hydrogen) atoms. The van der Waals surface area contributed by atoms with Crippen LogP contribution in [0.2, 0.25) is 0 Å². The molecular formula is C11H14FN. The van der Waals surface area contributed by atoms with E-state index in [1.165, 1.54) is 6.07 Å². The van der Waals surface area contributed by atoms with E-state index >= 15 is 0 Å². The minimum absolute atomic E-state index is 0.104. The van der Waals surface area contributed by atoms with Crippen molar-refractivity contribution in [2.45, 2.75) is 32.2 Å². The zero-order chi connectivity index (χ0) is 9.42. The molecule has 1 aromatic rings. The molecule has 0 unspecified atom stereocenters. The Morgan fingerprint density at radius 1 is 1.46 bits per heavy atom. The fraction of sp³-hybridized carbons (Fsp3) is 0.455. The number of fused-ring (bicyclic) bond motifs is 1. The second-order valence-electron chi connectivity index (χ2n) is 3.74. The van der Waals surface area contributed by atoms with Crippen LogP contribution in [0.15, 0.2) is 12.1 Å². The monoisotopic (exact) mass is 179 g/mol. The Balaban J connectivity index is 2.56. The van der Waals surface area contributed by atoms with Gasteiger partial charge >= 0.3 is 0 Å². The van der Waals surface area contributed by atoms with Crippen molar-refractivity contribution in [1.82, 2.24) is 0 Å². The number of hydrogen-bond donors (Lipinski definition) is 1. The number of nitrogens with two attached hydrogens (primary N) is 1. The fourth-order valence-corrected chi connectivity index (χ4v) is 2.08. The van der Waals surface area contributed by atoms with E-state index in [9.17, 15) is 4.39 Å². The molecule has 0 amide bonds. The summed E-state index contributed by atoms with van der Waals surface area (Å²) in [7, 11) is 0. The lowest BCUT2D eigenvalue weighted by molar-refractivity contribution is 0.554. The molecule has 1 aliphatic carbocycles. The smallest absolute Gasteiger partial charge is 0.126 e. The first-order valence-electron chi connectivity index (χ1n) is 4.73. The minimum Gasteiger partial charge on any atom is -0.324 e. The van der Waals surface area contributed by atoms with Gasteiger partial charge in [0.1, 0.15) is 5.82 Å². The molecule has 0 fully saturated rings. The molecule has 1 aliphatic rings. The van der Waals surface area contributed by atoms with E-state index < -0.39 is 0 Å². The van der Waals surface area contributed by atoms with E-state index in [0.29, 0.717) is 0 Å². The lowest BCUT2D eigenvalue weighted by Gasteiger charge is -2.23. The van der Waals surface area contributed by atoms with Crippen LogP contribution in [0.1, 0.15) is 35.6 Å². The van der Waals surface area contributed by atoms with Gasteiger partial charge in [-0.2, -0.15) is 0 Å². The van der Waals surface area contributed by atoms with Gasteiger partial charge in [-0.3, -0.25) is 0 Å². The second-order valence-corrected chi connectivity index (χ2v) is 3.74. The first kappa shape index (κ1) is 8.70. The summed E-state index contributed by atoms with van der Waals surface area (Å²) >= 11 is 0. The maximum Gasteiger partial charge on any atom is 0.126 e. The predicted molar refractivity (Wildman–Crippen MR) is 51.0 cm³/mol. The molecule has 0 saturated carbocycles. The van der Waals surface area contributed by atoms with Crippen LogP contribution in [-0.2, 0) is 6.42 Å². The van der Waals surface area contributed by atoms with Gasteiger partial charge in [0, 0.05) is 6.04 Å². The molecule has 0 aliphatic heterocycles. The summed E-state index contributed by atoms with van der Waals surface area (Å²) in [6, 6.07) is 3.48. The van der Waals surface area contributed by atoms with Crippen LogP contribution >= 0.6 is 0 Å². The van der Waals surface area contributed by atoms with Crippen molar-refractivity contribution in [3.8, 4) is 0 Å². The molecule has 2 rings (SSSR count). The highest BCUT2D eigenvalue weighted by Gasteiger charge is 2.19. The summed E-state index contributed by atoms with van der Waals surface area (Å²) in [5, 5.41) is 0. The molecule has 0 saturated heterocycles. The van der Waals surface area contributed by atoms with Crippen LogP contribution in [0.5, 0.6) is 0 Å². The first-order chi connectivity index (χ1) is 6.20. The Bertz CT molecular complexity index is 333. The number of rotatable bonds is 0. The quantitative estimate of drug-likeness (QED) is 0.650. The normalized spacial score (nSPS) is 21.3. The van der Waals surface area contributed by atoms with Crippen LogP contribution in [0, 0.1) is 12.7 Å². The Morgan fingerprint density at radius 2 is 2.23 bits per heavy atom. The van der Waals surface area contributed by atoms with Crippen LogP contribution < -0.4 is 5.73 Å². The molecule has 70 valence electrons. The van der Waals surface area contributed by atoms with E-state index in [1.807, 2.05) is 13.0 Å². The van der Waals surface area contributed by atoms with Gasteiger partial charge < -0.3 is 5.73 Å². The largest absolute Gasteiger partial charge is 0.324 e. The molecule has 2 heteroatoms. The summed E-state index contributed by atoms with van der Waals surface area (Å²) in [6.45, 7) is 1.84. The fourth-order valence-electron chi connectivity index (χ4n) is 2.08. The van der Waals surface area contributed by atoms with Crippen molar-refractivity contribution in [3.63, 3.8) is 0 Å². The van der Waals surface area contributed by atoms with Crippen molar-refractivity contribution in [2.75, 3.05) is 0 Å². The van der Waals surface area contributed by atoms with Gasteiger partial charge in [0.2, 0.25) is 0 Å². The Morgan fingerprint density at radius 3 is 3.00 bits per heavy atom. The minimum atomic E-state index is -0.104. The van der Waals surface area contributed by atoms with Gasteiger partial charge in [0.15, 0.2) is 0 Å². The standard InChI is InChI=1S/C11H14FN/c1-7-8-3-2-4-11(13)9(8)5-6-10(7)12/h5-6,11H,2-4,13H2,1H3/t11-/m1/s1. The van der Waals surface area contributed by atoms with Gasteiger partial charge in [0.25, 0.3) is 0 Å². The van der Waals surface area contributed by atoms with Crippen LogP contribution in [-0.4, -0.2) is 0 Å². The van der Waals surface area contributed by atoms with Crippen molar-refractivity contribution in [1.29, 1.82) is 0 Å². The zero-order valence-corrected chi connectivity index (χ0v) is 7.81. The first-order valence-corrected chi connectivity index (χ1v) is 4.73. The van der Waals surface area contributed by atoms with Crippen LogP contribution in [0.4, 0.5) is 4.39 Å². The average molecular weight is 179 g/mol. The average Bonchev–Trinajstić information content (AvgIpc) is 2.12. The lowest BCUT2D eigenvalue weighted by atomic mass is 9.85. The summed E-state index contributed by atoms with van der Waals surface area (Å²) in [6.07, 6.45) is 3.09. The van der Waals surface area contributed by atoms with Gasteiger partial charge in [-0.15, -0.1) is 0 Å². The maximum absolute atomic E-state index is 13.2. The molecule has 0 radical (unpaired) electrons. The van der Waals surface area contributed by atoms with Gasteiger partial charge in [-0.1, -0.05) is 6.07 Å². The third kappa shape index (κ3) is 1.35. The van der Waals surface area contributed by atoms with Crippen molar-refractivity contribution in [2.24, 2.45) is 5.73 Å².